The topological polar surface area (TPSA) is 66.4 Å². The number of amides is 1. The Balaban J connectivity index is 1.90. The highest BCUT2D eigenvalue weighted by molar-refractivity contribution is 5.95. The van der Waals surface area contributed by atoms with E-state index in [1.165, 1.54) is 12.1 Å². The van der Waals surface area contributed by atoms with E-state index in [2.05, 4.69) is 5.32 Å². The van der Waals surface area contributed by atoms with Crippen molar-refractivity contribution in [3.05, 3.63) is 59.4 Å². The van der Waals surface area contributed by atoms with Gasteiger partial charge < -0.3 is 10.4 Å². The number of nitrogens with one attached hydrogen (secondary N) is 1. The van der Waals surface area contributed by atoms with Gasteiger partial charge in [0.25, 0.3) is 5.91 Å². The van der Waals surface area contributed by atoms with E-state index in [1.807, 2.05) is 31.2 Å². The number of rotatable bonds is 8. The number of benzene rings is 2. The number of carbonyl (C=O) groups is 2. The van der Waals surface area contributed by atoms with Gasteiger partial charge in [-0.05, 0) is 43.0 Å². The summed E-state index contributed by atoms with van der Waals surface area (Å²) in [6, 6.07) is 12.3. The Hall–Kier alpha value is -2.69. The summed E-state index contributed by atoms with van der Waals surface area (Å²) >= 11 is 0. The van der Waals surface area contributed by atoms with Gasteiger partial charge in [-0.1, -0.05) is 42.3 Å². The molecule has 0 aromatic heterocycles. The van der Waals surface area contributed by atoms with Crippen LogP contribution in [0, 0.1) is 12.7 Å². The molecule has 0 radical (unpaired) electrons. The van der Waals surface area contributed by atoms with Crippen LogP contribution in [0.3, 0.4) is 0 Å². The maximum absolute atomic E-state index is 14.3. The van der Waals surface area contributed by atoms with Crippen LogP contribution >= 0.6 is 0 Å². The molecule has 0 aliphatic rings. The summed E-state index contributed by atoms with van der Waals surface area (Å²) < 4.78 is 14.3. The van der Waals surface area contributed by atoms with Crippen molar-refractivity contribution in [2.24, 2.45) is 0 Å². The van der Waals surface area contributed by atoms with Crippen molar-refractivity contribution < 1.29 is 19.1 Å². The molecule has 0 bridgehead atoms. The average Bonchev–Trinajstić information content (AvgIpc) is 2.58. The molecule has 0 unspecified atom stereocenters. The number of hydrogen-bond acceptors (Lipinski definition) is 2. The first-order chi connectivity index (χ1) is 12.0. The first kappa shape index (κ1) is 18.6. The van der Waals surface area contributed by atoms with E-state index < -0.39 is 17.7 Å². The van der Waals surface area contributed by atoms with Crippen LogP contribution in [0.25, 0.3) is 11.1 Å². The quantitative estimate of drug-likeness (QED) is 0.707. The molecule has 2 rings (SSSR count). The second-order valence-electron chi connectivity index (χ2n) is 6.02. The highest BCUT2D eigenvalue weighted by atomic mass is 19.1. The molecular weight excluding hydrogens is 321 g/mol. The van der Waals surface area contributed by atoms with Crippen molar-refractivity contribution in [3.8, 4) is 11.1 Å². The van der Waals surface area contributed by atoms with E-state index in [4.69, 9.17) is 5.11 Å². The standard InChI is InChI=1S/C20H22FNO3/c1-14-6-8-15(9-7-14)16-10-11-17(18(21)13-16)20(25)22-12-4-2-3-5-19(23)24/h6-11,13H,2-5,12H2,1H3,(H,22,25)(H,23,24). The zero-order chi connectivity index (χ0) is 18.2. The smallest absolute Gasteiger partial charge is 0.303 e. The minimum Gasteiger partial charge on any atom is -0.481 e. The Morgan fingerprint density at radius 1 is 1.00 bits per heavy atom. The van der Waals surface area contributed by atoms with E-state index in [1.54, 1.807) is 6.07 Å². The monoisotopic (exact) mass is 343 g/mol. The molecule has 0 atom stereocenters. The fourth-order valence-electron chi connectivity index (χ4n) is 2.50. The lowest BCUT2D eigenvalue weighted by atomic mass is 10.0. The van der Waals surface area contributed by atoms with Crippen LogP contribution in [0.5, 0.6) is 0 Å². The predicted molar refractivity (Wildman–Crippen MR) is 95.0 cm³/mol. The predicted octanol–water partition coefficient (Wildman–Crippen LogP) is 4.18. The second-order valence-corrected chi connectivity index (χ2v) is 6.02. The van der Waals surface area contributed by atoms with Crippen LogP contribution in [0.4, 0.5) is 4.39 Å². The van der Waals surface area contributed by atoms with Crippen LogP contribution in [0.1, 0.15) is 41.6 Å². The van der Waals surface area contributed by atoms with Crippen LogP contribution in [-0.2, 0) is 4.79 Å². The Bertz CT molecular complexity index is 741. The summed E-state index contributed by atoms with van der Waals surface area (Å²) in [4.78, 5) is 22.5. The molecule has 5 heteroatoms. The summed E-state index contributed by atoms with van der Waals surface area (Å²) in [5.41, 5.74) is 2.77. The lowest BCUT2D eigenvalue weighted by Gasteiger charge is -2.08. The normalized spacial score (nSPS) is 10.5. The largest absolute Gasteiger partial charge is 0.481 e. The van der Waals surface area contributed by atoms with Crippen molar-refractivity contribution >= 4 is 11.9 Å². The Kier molecular flexibility index (Phi) is 6.69. The molecule has 2 N–H and O–H groups in total. The number of aliphatic carboxylic acids is 1. The van der Waals surface area contributed by atoms with Gasteiger partial charge in [-0.3, -0.25) is 9.59 Å². The lowest BCUT2D eigenvalue weighted by molar-refractivity contribution is -0.137. The summed E-state index contributed by atoms with van der Waals surface area (Å²) in [6.45, 7) is 2.39. The molecule has 0 saturated carbocycles. The summed E-state index contributed by atoms with van der Waals surface area (Å²) in [5, 5.41) is 11.2. The SMILES string of the molecule is Cc1ccc(-c2ccc(C(=O)NCCCCCC(=O)O)c(F)c2)cc1. The van der Waals surface area contributed by atoms with Gasteiger partial charge in [0.15, 0.2) is 0 Å². The number of halogens is 1. The van der Waals surface area contributed by atoms with Crippen LogP contribution < -0.4 is 5.32 Å². The highest BCUT2D eigenvalue weighted by Crippen LogP contribution is 2.22. The number of aryl methyl sites for hydroxylation is 1. The van der Waals surface area contributed by atoms with Gasteiger partial charge in [-0.2, -0.15) is 0 Å². The molecule has 0 aliphatic carbocycles. The van der Waals surface area contributed by atoms with Gasteiger partial charge in [-0.15, -0.1) is 0 Å². The number of unbranched alkanes of at least 4 members (excludes halogenated alkanes) is 2. The maximum Gasteiger partial charge on any atom is 0.303 e. The number of carboxylic acids is 1. The van der Waals surface area contributed by atoms with Gasteiger partial charge in [0.1, 0.15) is 5.82 Å². The van der Waals surface area contributed by atoms with E-state index in [-0.39, 0.29) is 12.0 Å². The van der Waals surface area contributed by atoms with E-state index in [9.17, 15) is 14.0 Å². The van der Waals surface area contributed by atoms with Crippen molar-refractivity contribution in [3.63, 3.8) is 0 Å². The minimum atomic E-state index is -0.820. The van der Waals surface area contributed by atoms with Crippen LogP contribution in [0.15, 0.2) is 42.5 Å². The first-order valence-electron chi connectivity index (χ1n) is 8.34. The molecule has 0 saturated heterocycles. The Morgan fingerprint density at radius 3 is 2.32 bits per heavy atom. The Labute approximate surface area is 146 Å². The van der Waals surface area contributed by atoms with E-state index >= 15 is 0 Å². The summed E-state index contributed by atoms with van der Waals surface area (Å²) in [6.07, 6.45) is 2.08. The molecular formula is C20H22FNO3. The van der Waals surface area contributed by atoms with E-state index in [0.717, 1.165) is 16.7 Å². The summed E-state index contributed by atoms with van der Waals surface area (Å²) in [5.74, 6) is -1.83. The average molecular weight is 343 g/mol. The third kappa shape index (κ3) is 5.71. The lowest BCUT2D eigenvalue weighted by Crippen LogP contribution is -2.25. The van der Waals surface area contributed by atoms with Gasteiger partial charge in [0.05, 0.1) is 5.56 Å². The van der Waals surface area contributed by atoms with Gasteiger partial charge in [-0.25, -0.2) is 4.39 Å². The van der Waals surface area contributed by atoms with Crippen LogP contribution in [0.2, 0.25) is 0 Å². The van der Waals surface area contributed by atoms with Crippen molar-refractivity contribution in [1.29, 1.82) is 0 Å². The molecule has 2 aromatic carbocycles. The van der Waals surface area contributed by atoms with Crippen molar-refractivity contribution in [2.45, 2.75) is 32.6 Å². The fourth-order valence-corrected chi connectivity index (χ4v) is 2.50. The zero-order valence-electron chi connectivity index (χ0n) is 14.2. The van der Waals surface area contributed by atoms with Crippen molar-refractivity contribution in [1.82, 2.24) is 5.32 Å². The van der Waals surface area contributed by atoms with Crippen molar-refractivity contribution in [2.75, 3.05) is 6.54 Å². The molecule has 2 aromatic rings. The molecule has 0 fully saturated rings. The third-order valence-corrected chi connectivity index (χ3v) is 3.95. The first-order valence-corrected chi connectivity index (χ1v) is 8.34. The van der Waals surface area contributed by atoms with Gasteiger partial charge in [0.2, 0.25) is 0 Å². The molecule has 0 aliphatic heterocycles. The molecule has 132 valence electrons. The summed E-state index contributed by atoms with van der Waals surface area (Å²) in [7, 11) is 0. The number of carbonyl (C=O) groups excluding carboxylic acids is 1. The van der Waals surface area contributed by atoms with Crippen LogP contribution in [-0.4, -0.2) is 23.5 Å². The van der Waals surface area contributed by atoms with Gasteiger partial charge >= 0.3 is 5.97 Å². The minimum absolute atomic E-state index is 0.0152. The molecule has 1 amide bonds. The maximum atomic E-state index is 14.3. The molecule has 4 nitrogen and oxygen atoms in total. The molecule has 0 spiro atoms. The van der Waals surface area contributed by atoms with Gasteiger partial charge in [0, 0.05) is 13.0 Å². The highest BCUT2D eigenvalue weighted by Gasteiger charge is 2.12. The third-order valence-electron chi connectivity index (χ3n) is 3.95. The van der Waals surface area contributed by atoms with E-state index in [0.29, 0.717) is 25.8 Å². The number of carboxylic acid groups (broad SMARTS) is 1. The second kappa shape index (κ2) is 8.97. The number of hydrogen-bond donors (Lipinski definition) is 2. The molecule has 25 heavy (non-hydrogen) atoms. The fraction of sp³-hybridized carbons (Fsp3) is 0.300. The molecule has 0 heterocycles. The zero-order valence-corrected chi connectivity index (χ0v) is 14.2. The Morgan fingerprint density at radius 2 is 1.68 bits per heavy atom.